The molecule has 0 aromatic heterocycles. The highest BCUT2D eigenvalue weighted by Crippen LogP contribution is 2.15. The fourth-order valence-corrected chi connectivity index (χ4v) is 2.20. The lowest BCUT2D eigenvalue weighted by atomic mass is 10.0. The molecule has 1 atom stereocenters. The number of likely N-dealkylation sites (tertiary alicyclic amines) is 1. The number of carbonyl (C=O) groups excluding carboxylic acids is 1. The summed E-state index contributed by atoms with van der Waals surface area (Å²) in [5.74, 6) is 1.90. The fourth-order valence-electron chi connectivity index (χ4n) is 2.20. The first-order valence-electron chi connectivity index (χ1n) is 6.18. The maximum absolute atomic E-state index is 12.0. The van der Waals surface area contributed by atoms with Gasteiger partial charge in [-0.2, -0.15) is 0 Å². The van der Waals surface area contributed by atoms with E-state index in [2.05, 4.69) is 12.8 Å². The molecule has 0 radical (unpaired) electrons. The minimum Gasteiger partial charge on any atom is -0.480 e. The lowest BCUT2D eigenvalue weighted by molar-refractivity contribution is -0.139. The number of rotatable bonds is 5. The number of amides is 1. The number of carbonyl (C=O) groups is 2. The van der Waals surface area contributed by atoms with Crippen molar-refractivity contribution in [3.05, 3.63) is 0 Å². The van der Waals surface area contributed by atoms with E-state index >= 15 is 0 Å². The number of hydrogen-bond donors (Lipinski definition) is 1. The highest BCUT2D eigenvalue weighted by molar-refractivity contribution is 5.79. The van der Waals surface area contributed by atoms with Crippen LogP contribution in [0.25, 0.3) is 0 Å². The second-order valence-corrected chi connectivity index (χ2v) is 4.83. The Labute approximate surface area is 108 Å². The second-order valence-electron chi connectivity index (χ2n) is 4.83. The molecule has 0 saturated carbocycles. The highest BCUT2D eigenvalue weighted by Gasteiger charge is 2.23. The van der Waals surface area contributed by atoms with Crippen molar-refractivity contribution in [1.82, 2.24) is 9.80 Å². The van der Waals surface area contributed by atoms with Crippen molar-refractivity contribution < 1.29 is 14.7 Å². The van der Waals surface area contributed by atoms with Crippen LogP contribution in [0.15, 0.2) is 0 Å². The van der Waals surface area contributed by atoms with Gasteiger partial charge in [0.15, 0.2) is 0 Å². The van der Waals surface area contributed by atoms with E-state index in [-0.39, 0.29) is 25.5 Å². The van der Waals surface area contributed by atoms with Crippen LogP contribution < -0.4 is 0 Å². The third-order valence-corrected chi connectivity index (χ3v) is 3.04. The van der Waals surface area contributed by atoms with Crippen molar-refractivity contribution in [3.8, 4) is 12.3 Å². The molecule has 1 amide bonds. The van der Waals surface area contributed by atoms with Crippen LogP contribution in [0.5, 0.6) is 0 Å². The molecule has 0 aromatic rings. The summed E-state index contributed by atoms with van der Waals surface area (Å²) < 4.78 is 0. The molecule has 1 aliphatic rings. The molecule has 1 heterocycles. The summed E-state index contributed by atoms with van der Waals surface area (Å²) in [6.45, 7) is 3.72. The summed E-state index contributed by atoms with van der Waals surface area (Å²) in [7, 11) is 0. The minimum atomic E-state index is -0.968. The van der Waals surface area contributed by atoms with E-state index in [4.69, 9.17) is 11.5 Å². The summed E-state index contributed by atoms with van der Waals surface area (Å²) in [5.41, 5.74) is 0. The van der Waals surface area contributed by atoms with Gasteiger partial charge in [-0.05, 0) is 18.8 Å². The topological polar surface area (TPSA) is 60.9 Å². The first-order valence-corrected chi connectivity index (χ1v) is 6.18. The zero-order valence-electron chi connectivity index (χ0n) is 10.8. The Bertz CT molecular complexity index is 349. The summed E-state index contributed by atoms with van der Waals surface area (Å²) in [4.78, 5) is 26.0. The lowest BCUT2D eigenvalue weighted by Gasteiger charge is -2.32. The van der Waals surface area contributed by atoms with Crippen LogP contribution in [0.4, 0.5) is 0 Å². The number of aliphatic carboxylic acids is 1. The van der Waals surface area contributed by atoms with E-state index in [0.717, 1.165) is 25.9 Å². The lowest BCUT2D eigenvalue weighted by Crippen LogP contribution is -2.45. The van der Waals surface area contributed by atoms with Crippen molar-refractivity contribution in [2.75, 3.05) is 32.7 Å². The van der Waals surface area contributed by atoms with E-state index in [9.17, 15) is 9.59 Å². The molecule has 1 N–H and O–H groups in total. The first-order chi connectivity index (χ1) is 8.52. The third kappa shape index (κ3) is 4.76. The number of hydrogen-bond acceptors (Lipinski definition) is 3. The maximum Gasteiger partial charge on any atom is 0.317 e. The maximum atomic E-state index is 12.0. The second kappa shape index (κ2) is 7.02. The van der Waals surface area contributed by atoms with E-state index < -0.39 is 5.97 Å². The van der Waals surface area contributed by atoms with Crippen molar-refractivity contribution in [3.63, 3.8) is 0 Å². The Kier molecular flexibility index (Phi) is 5.66. The zero-order valence-corrected chi connectivity index (χ0v) is 10.8. The largest absolute Gasteiger partial charge is 0.480 e. The molecule has 1 saturated heterocycles. The van der Waals surface area contributed by atoms with Gasteiger partial charge in [0.2, 0.25) is 5.91 Å². The predicted octanol–water partition coefficient (Wildman–Crippen LogP) is 0.265. The molecule has 0 bridgehead atoms. The van der Waals surface area contributed by atoms with E-state index in [0.29, 0.717) is 5.92 Å². The normalized spacial score (nSPS) is 19.6. The average molecular weight is 252 g/mol. The molecule has 0 aromatic carbocycles. The van der Waals surface area contributed by atoms with Gasteiger partial charge >= 0.3 is 5.97 Å². The molecule has 1 rings (SSSR count). The molecule has 100 valence electrons. The van der Waals surface area contributed by atoms with Gasteiger partial charge in [-0.25, -0.2) is 0 Å². The van der Waals surface area contributed by atoms with Gasteiger partial charge in [-0.15, -0.1) is 6.42 Å². The zero-order chi connectivity index (χ0) is 13.5. The van der Waals surface area contributed by atoms with Crippen molar-refractivity contribution in [1.29, 1.82) is 0 Å². The third-order valence-electron chi connectivity index (χ3n) is 3.04. The monoisotopic (exact) mass is 252 g/mol. The number of nitrogens with zero attached hydrogens (tertiary/aromatic N) is 2. The molecule has 1 aliphatic heterocycles. The Hall–Kier alpha value is -1.54. The van der Waals surface area contributed by atoms with E-state index in [1.165, 1.54) is 4.90 Å². The number of carboxylic acid groups (broad SMARTS) is 1. The fraction of sp³-hybridized carbons (Fsp3) is 0.692. The summed E-state index contributed by atoms with van der Waals surface area (Å²) in [6, 6.07) is 0. The summed E-state index contributed by atoms with van der Waals surface area (Å²) >= 11 is 0. The van der Waals surface area contributed by atoms with Gasteiger partial charge in [-0.1, -0.05) is 12.8 Å². The molecular weight excluding hydrogens is 232 g/mol. The average Bonchev–Trinajstić information content (AvgIpc) is 2.28. The highest BCUT2D eigenvalue weighted by atomic mass is 16.4. The number of carboxylic acids is 1. The standard InChI is InChI=1S/C13H20N2O3/c1-3-6-14(10-13(17)18)9-12(16)15-7-4-5-11(2)8-15/h1,11H,4-10H2,2H3,(H,17,18). The Morgan fingerprint density at radius 1 is 1.50 bits per heavy atom. The molecule has 0 spiro atoms. The summed E-state index contributed by atoms with van der Waals surface area (Å²) in [6.07, 6.45) is 7.33. The van der Waals surface area contributed by atoms with Crippen LogP contribution in [-0.2, 0) is 9.59 Å². The van der Waals surface area contributed by atoms with Gasteiger partial charge in [0.1, 0.15) is 0 Å². The molecule has 1 unspecified atom stereocenters. The van der Waals surface area contributed by atoms with Crippen LogP contribution in [0.1, 0.15) is 19.8 Å². The van der Waals surface area contributed by atoms with Crippen molar-refractivity contribution in [2.24, 2.45) is 5.92 Å². The predicted molar refractivity (Wildman–Crippen MR) is 67.9 cm³/mol. The van der Waals surface area contributed by atoms with Crippen LogP contribution in [-0.4, -0.2) is 59.5 Å². The quantitative estimate of drug-likeness (QED) is 0.713. The molecule has 0 aliphatic carbocycles. The van der Waals surface area contributed by atoms with Crippen LogP contribution in [0.3, 0.4) is 0 Å². The smallest absolute Gasteiger partial charge is 0.317 e. The van der Waals surface area contributed by atoms with E-state index in [1.54, 1.807) is 4.90 Å². The number of piperidine rings is 1. The SMILES string of the molecule is C#CCN(CC(=O)O)CC(=O)N1CCCC(C)C1. The van der Waals surface area contributed by atoms with Crippen molar-refractivity contribution in [2.45, 2.75) is 19.8 Å². The Morgan fingerprint density at radius 2 is 2.22 bits per heavy atom. The Balaban J connectivity index is 2.49. The molecule has 18 heavy (non-hydrogen) atoms. The van der Waals surface area contributed by atoms with Gasteiger partial charge in [0, 0.05) is 13.1 Å². The van der Waals surface area contributed by atoms with Gasteiger partial charge < -0.3 is 10.0 Å². The molecule has 5 nitrogen and oxygen atoms in total. The molecule has 1 fully saturated rings. The van der Waals surface area contributed by atoms with Crippen molar-refractivity contribution >= 4 is 11.9 Å². The number of terminal acetylenes is 1. The van der Waals surface area contributed by atoms with Gasteiger partial charge in [0.25, 0.3) is 0 Å². The van der Waals surface area contributed by atoms with Gasteiger partial charge in [0.05, 0.1) is 19.6 Å². The van der Waals surface area contributed by atoms with E-state index in [1.807, 2.05) is 0 Å². The summed E-state index contributed by atoms with van der Waals surface area (Å²) in [5, 5.41) is 8.74. The van der Waals surface area contributed by atoms with Gasteiger partial charge in [-0.3, -0.25) is 14.5 Å². The first kappa shape index (κ1) is 14.5. The molecule has 5 heteroatoms. The minimum absolute atomic E-state index is 0.0296. The van der Waals surface area contributed by atoms with Crippen LogP contribution in [0.2, 0.25) is 0 Å². The van der Waals surface area contributed by atoms with Crippen LogP contribution >= 0.6 is 0 Å². The molecular formula is C13H20N2O3. The van der Waals surface area contributed by atoms with Crippen LogP contribution in [0, 0.1) is 18.3 Å². The Morgan fingerprint density at radius 3 is 2.78 bits per heavy atom.